The number of nitrogen functional groups attached to an aromatic ring is 1. The molecule has 0 radical (unpaired) electrons. The minimum absolute atomic E-state index is 0.310. The monoisotopic (exact) mass is 356 g/mol. The lowest BCUT2D eigenvalue weighted by molar-refractivity contribution is 0.101. The van der Waals surface area contributed by atoms with Crippen LogP contribution < -0.4 is 11.1 Å². The molecule has 0 atom stereocenters. The molecule has 0 aliphatic rings. The average molecular weight is 358 g/mol. The number of nitrogens with zero attached hydrogens (tertiary/aromatic N) is 2. The van der Waals surface area contributed by atoms with Crippen molar-refractivity contribution in [2.24, 2.45) is 7.05 Å². The van der Waals surface area contributed by atoms with E-state index in [4.69, 9.17) is 17.3 Å². The lowest BCUT2D eigenvalue weighted by Gasteiger charge is -2.07. The van der Waals surface area contributed by atoms with Crippen molar-refractivity contribution in [3.05, 3.63) is 39.1 Å². The quantitative estimate of drug-likeness (QED) is 0.885. The lowest BCUT2D eigenvalue weighted by Crippen LogP contribution is -2.17. The van der Waals surface area contributed by atoms with E-state index in [-0.39, 0.29) is 5.91 Å². The van der Waals surface area contributed by atoms with Crippen molar-refractivity contribution in [2.75, 3.05) is 11.1 Å². The highest BCUT2D eigenvalue weighted by atomic mass is 79.9. The maximum Gasteiger partial charge on any atom is 0.276 e. The number of amides is 1. The molecule has 0 saturated heterocycles. The second-order valence-electron chi connectivity index (χ2n) is 4.27. The van der Waals surface area contributed by atoms with Crippen LogP contribution in [0.2, 0.25) is 5.02 Å². The summed E-state index contributed by atoms with van der Waals surface area (Å²) >= 11 is 9.29. The Morgan fingerprint density at radius 1 is 1.55 bits per heavy atom. The van der Waals surface area contributed by atoms with Gasteiger partial charge < -0.3 is 11.1 Å². The molecule has 0 unspecified atom stereocenters. The van der Waals surface area contributed by atoms with E-state index in [9.17, 15) is 4.79 Å². The molecule has 106 valence electrons. The molecule has 20 heavy (non-hydrogen) atoms. The van der Waals surface area contributed by atoms with Gasteiger partial charge in [-0.25, -0.2) is 0 Å². The normalized spacial score (nSPS) is 10.6. The van der Waals surface area contributed by atoms with Crippen LogP contribution in [-0.4, -0.2) is 15.7 Å². The molecule has 7 heteroatoms. The van der Waals surface area contributed by atoms with Crippen LogP contribution in [0.3, 0.4) is 0 Å². The van der Waals surface area contributed by atoms with Crippen LogP contribution in [0.25, 0.3) is 0 Å². The number of nitrogens with two attached hydrogens (primary N) is 1. The van der Waals surface area contributed by atoms with E-state index in [1.165, 1.54) is 4.68 Å². The van der Waals surface area contributed by atoms with Crippen LogP contribution >= 0.6 is 27.5 Å². The summed E-state index contributed by atoms with van der Waals surface area (Å²) in [5.74, 6) is -0.310. The second-order valence-corrected chi connectivity index (χ2v) is 5.53. The van der Waals surface area contributed by atoms with Gasteiger partial charge in [0.25, 0.3) is 5.91 Å². The first-order chi connectivity index (χ1) is 9.43. The molecule has 3 N–H and O–H groups in total. The maximum absolute atomic E-state index is 12.3. The number of aryl methyl sites for hydroxylation is 2. The molecule has 1 aromatic heterocycles. The highest BCUT2D eigenvalue weighted by Crippen LogP contribution is 2.26. The fourth-order valence-electron chi connectivity index (χ4n) is 1.89. The number of nitrogens with one attached hydrogen (secondary N) is 1. The summed E-state index contributed by atoms with van der Waals surface area (Å²) < 4.78 is 2.26. The van der Waals surface area contributed by atoms with Crippen molar-refractivity contribution < 1.29 is 4.79 Å². The zero-order valence-corrected chi connectivity index (χ0v) is 13.4. The number of hydrogen-bond donors (Lipinski definition) is 2. The molecule has 0 fully saturated rings. The topological polar surface area (TPSA) is 72.9 Å². The third-order valence-electron chi connectivity index (χ3n) is 2.89. The van der Waals surface area contributed by atoms with Crippen molar-refractivity contribution in [1.82, 2.24) is 9.78 Å². The zero-order chi connectivity index (χ0) is 14.9. The molecule has 1 heterocycles. The summed E-state index contributed by atoms with van der Waals surface area (Å²) in [6.45, 7) is 1.94. The molecule has 0 saturated carbocycles. The van der Waals surface area contributed by atoms with E-state index in [1.54, 1.807) is 25.2 Å². The Hall–Kier alpha value is -1.53. The molecule has 2 rings (SSSR count). The van der Waals surface area contributed by atoms with Gasteiger partial charge in [0.15, 0.2) is 0 Å². The fraction of sp³-hybridized carbons (Fsp3) is 0.231. The predicted molar refractivity (Wildman–Crippen MR) is 84.1 cm³/mol. The number of carbonyl (C=O) groups excluding carboxylic acids is 1. The van der Waals surface area contributed by atoms with Crippen LogP contribution in [-0.2, 0) is 13.5 Å². The molecule has 0 aliphatic carbocycles. The third kappa shape index (κ3) is 2.81. The highest BCUT2D eigenvalue weighted by molar-refractivity contribution is 9.10. The number of carbonyl (C=O) groups is 1. The van der Waals surface area contributed by atoms with Gasteiger partial charge in [-0.15, -0.1) is 0 Å². The van der Waals surface area contributed by atoms with Gasteiger partial charge in [0.05, 0.1) is 16.4 Å². The third-order valence-corrected chi connectivity index (χ3v) is 4.12. The molecular weight excluding hydrogens is 344 g/mol. The molecule has 0 bridgehead atoms. The number of aromatic nitrogens is 2. The minimum atomic E-state index is -0.310. The Kier molecular flexibility index (Phi) is 4.35. The first kappa shape index (κ1) is 14.9. The summed E-state index contributed by atoms with van der Waals surface area (Å²) in [4.78, 5) is 12.3. The molecule has 1 amide bonds. The molecule has 5 nitrogen and oxygen atoms in total. The maximum atomic E-state index is 12.3. The number of rotatable bonds is 3. The Morgan fingerprint density at radius 2 is 2.25 bits per heavy atom. The highest BCUT2D eigenvalue weighted by Gasteiger charge is 2.19. The van der Waals surface area contributed by atoms with Crippen LogP contribution in [0, 0.1) is 0 Å². The van der Waals surface area contributed by atoms with Crippen molar-refractivity contribution >= 4 is 44.8 Å². The van der Waals surface area contributed by atoms with E-state index in [0.717, 1.165) is 4.47 Å². The summed E-state index contributed by atoms with van der Waals surface area (Å²) in [5.41, 5.74) is 8.02. The summed E-state index contributed by atoms with van der Waals surface area (Å²) in [5, 5.41) is 7.50. The molecule has 2 aromatic rings. The Balaban J connectivity index is 2.28. The standard InChI is InChI=1S/C13H14BrClN4O/c1-3-10-11(16)12(19(2)18-10)13(20)17-7-4-5-8(14)9(15)6-7/h4-6H,3,16H2,1-2H3,(H,17,20). The molecule has 1 aromatic carbocycles. The molecule has 0 aliphatic heterocycles. The van der Waals surface area contributed by atoms with E-state index >= 15 is 0 Å². The Morgan fingerprint density at radius 3 is 2.80 bits per heavy atom. The van der Waals surface area contributed by atoms with Crippen LogP contribution in [0.15, 0.2) is 22.7 Å². The lowest BCUT2D eigenvalue weighted by atomic mass is 10.2. The largest absolute Gasteiger partial charge is 0.395 e. The van der Waals surface area contributed by atoms with Crippen LogP contribution in [0.4, 0.5) is 11.4 Å². The molecule has 0 spiro atoms. The Labute approximate surface area is 130 Å². The van der Waals surface area contributed by atoms with Crippen LogP contribution in [0.1, 0.15) is 23.1 Å². The van der Waals surface area contributed by atoms with Gasteiger partial charge in [-0.2, -0.15) is 5.10 Å². The van der Waals surface area contributed by atoms with Gasteiger partial charge >= 0.3 is 0 Å². The minimum Gasteiger partial charge on any atom is -0.395 e. The van der Waals surface area contributed by atoms with Gasteiger partial charge in [0.2, 0.25) is 0 Å². The summed E-state index contributed by atoms with van der Waals surface area (Å²) in [7, 11) is 1.69. The summed E-state index contributed by atoms with van der Waals surface area (Å²) in [6.07, 6.45) is 0.678. The SMILES string of the molecule is CCc1nn(C)c(C(=O)Nc2ccc(Br)c(Cl)c2)c1N. The van der Waals surface area contributed by atoms with E-state index < -0.39 is 0 Å². The van der Waals surface area contributed by atoms with Gasteiger partial charge in [0.1, 0.15) is 5.69 Å². The number of hydrogen-bond acceptors (Lipinski definition) is 3. The van der Waals surface area contributed by atoms with E-state index in [0.29, 0.717) is 34.2 Å². The summed E-state index contributed by atoms with van der Waals surface area (Å²) in [6, 6.07) is 5.18. The smallest absolute Gasteiger partial charge is 0.276 e. The van der Waals surface area contributed by atoms with Gasteiger partial charge in [-0.05, 0) is 40.5 Å². The van der Waals surface area contributed by atoms with Gasteiger partial charge in [-0.3, -0.25) is 9.48 Å². The van der Waals surface area contributed by atoms with Crippen molar-refractivity contribution in [3.63, 3.8) is 0 Å². The molecular formula is C13H14BrClN4O. The second kappa shape index (κ2) is 5.85. The number of anilines is 2. The van der Waals surface area contributed by atoms with E-state index in [1.807, 2.05) is 6.92 Å². The van der Waals surface area contributed by atoms with Crippen molar-refractivity contribution in [1.29, 1.82) is 0 Å². The van der Waals surface area contributed by atoms with Gasteiger partial charge in [0, 0.05) is 17.2 Å². The predicted octanol–water partition coefficient (Wildman–Crippen LogP) is 3.23. The number of halogens is 2. The van der Waals surface area contributed by atoms with Gasteiger partial charge in [-0.1, -0.05) is 18.5 Å². The van der Waals surface area contributed by atoms with Crippen LogP contribution in [0.5, 0.6) is 0 Å². The first-order valence-corrected chi connectivity index (χ1v) is 7.18. The zero-order valence-electron chi connectivity index (χ0n) is 11.1. The average Bonchev–Trinajstić information content (AvgIpc) is 2.68. The van der Waals surface area contributed by atoms with Crippen molar-refractivity contribution in [3.8, 4) is 0 Å². The van der Waals surface area contributed by atoms with E-state index in [2.05, 4.69) is 26.3 Å². The van der Waals surface area contributed by atoms with Crippen molar-refractivity contribution in [2.45, 2.75) is 13.3 Å². The first-order valence-electron chi connectivity index (χ1n) is 6.01. The fourth-order valence-corrected chi connectivity index (χ4v) is 2.32. The number of benzene rings is 1. The Bertz CT molecular complexity index is 669.